The van der Waals surface area contributed by atoms with Crippen molar-refractivity contribution in [3.63, 3.8) is 0 Å². The maximum absolute atomic E-state index is 11.1. The number of hydrogen-bond acceptors (Lipinski definition) is 4. The molecular formula is C10H12BrNO3. The summed E-state index contributed by atoms with van der Waals surface area (Å²) in [6, 6.07) is 6.44. The summed E-state index contributed by atoms with van der Waals surface area (Å²) >= 11 is 3.33. The van der Waals surface area contributed by atoms with Crippen LogP contribution in [0.5, 0.6) is 0 Å². The van der Waals surface area contributed by atoms with Crippen LogP contribution in [0, 0.1) is 0 Å². The number of esters is 1. The fourth-order valence-electron chi connectivity index (χ4n) is 0.946. The number of carbonyl (C=O) groups excluding carboxylic acids is 1. The third-order valence-corrected chi connectivity index (χ3v) is 2.60. The van der Waals surface area contributed by atoms with Gasteiger partial charge in [0.25, 0.3) is 0 Å². The molecule has 0 fully saturated rings. The predicted octanol–water partition coefficient (Wildman–Crippen LogP) is 0.812. The van der Waals surface area contributed by atoms with Gasteiger partial charge in [0, 0.05) is 10.0 Å². The Morgan fingerprint density at radius 3 is 2.80 bits per heavy atom. The van der Waals surface area contributed by atoms with Crippen LogP contribution in [0.15, 0.2) is 28.7 Å². The van der Waals surface area contributed by atoms with Crippen molar-refractivity contribution < 1.29 is 14.6 Å². The highest BCUT2D eigenvalue weighted by molar-refractivity contribution is 9.10. The second-order valence-electron chi connectivity index (χ2n) is 2.99. The number of aliphatic hydroxyl groups excluding tert-OH is 1. The molecule has 15 heavy (non-hydrogen) atoms. The first kappa shape index (κ1) is 12.2. The zero-order valence-corrected chi connectivity index (χ0v) is 9.61. The first-order chi connectivity index (χ1) is 7.15. The number of ether oxygens (including phenoxy) is 1. The zero-order valence-electron chi connectivity index (χ0n) is 8.02. The maximum Gasteiger partial charge on any atom is 0.325 e. The summed E-state index contributed by atoms with van der Waals surface area (Å²) in [5.74, 6) is -0.603. The topological polar surface area (TPSA) is 72.5 Å². The summed E-state index contributed by atoms with van der Waals surface area (Å²) in [6.07, 6.45) is 0. The fraction of sp³-hybridized carbons (Fsp3) is 0.300. The molecule has 82 valence electrons. The van der Waals surface area contributed by atoms with Gasteiger partial charge in [0.05, 0.1) is 6.61 Å². The summed E-state index contributed by atoms with van der Waals surface area (Å²) in [4.78, 5) is 11.1. The fourth-order valence-corrected chi connectivity index (χ4v) is 1.35. The van der Waals surface area contributed by atoms with Crippen LogP contribution in [0.2, 0.25) is 0 Å². The summed E-state index contributed by atoms with van der Waals surface area (Å²) in [7, 11) is 0. The number of hydrogen-bond donors (Lipinski definition) is 2. The first-order valence-corrected chi connectivity index (χ1v) is 5.21. The lowest BCUT2D eigenvalue weighted by molar-refractivity contribution is -0.147. The van der Waals surface area contributed by atoms with E-state index >= 15 is 0 Å². The van der Waals surface area contributed by atoms with Crippen molar-refractivity contribution in [2.45, 2.75) is 12.6 Å². The second-order valence-corrected chi connectivity index (χ2v) is 3.84. The standard InChI is InChI=1S/C10H12BrNO3/c11-8-4-2-1-3-7(8)6-15-10(14)9(12)5-13/h1-4,9,13H,5-6,12H2/t9-/m1/s1. The van der Waals surface area contributed by atoms with Gasteiger partial charge in [-0.2, -0.15) is 0 Å². The van der Waals surface area contributed by atoms with Gasteiger partial charge in [-0.1, -0.05) is 34.1 Å². The molecule has 1 atom stereocenters. The van der Waals surface area contributed by atoms with Gasteiger partial charge in [0.15, 0.2) is 0 Å². The Bertz CT molecular complexity index is 343. The molecule has 0 amide bonds. The molecule has 0 aromatic heterocycles. The molecule has 0 bridgehead atoms. The Balaban J connectivity index is 2.51. The van der Waals surface area contributed by atoms with E-state index in [2.05, 4.69) is 15.9 Å². The molecule has 0 aliphatic heterocycles. The van der Waals surface area contributed by atoms with Crippen molar-refractivity contribution in [1.29, 1.82) is 0 Å². The zero-order chi connectivity index (χ0) is 11.3. The molecule has 1 rings (SSSR count). The van der Waals surface area contributed by atoms with Crippen LogP contribution in [0.1, 0.15) is 5.56 Å². The van der Waals surface area contributed by atoms with Crippen molar-refractivity contribution in [3.05, 3.63) is 34.3 Å². The normalized spacial score (nSPS) is 12.2. The van der Waals surface area contributed by atoms with Crippen molar-refractivity contribution >= 4 is 21.9 Å². The number of aliphatic hydroxyl groups is 1. The van der Waals surface area contributed by atoms with E-state index in [9.17, 15) is 4.79 Å². The molecule has 0 aliphatic rings. The number of carbonyl (C=O) groups is 1. The van der Waals surface area contributed by atoms with Crippen LogP contribution in [0.4, 0.5) is 0 Å². The second kappa shape index (κ2) is 5.85. The van der Waals surface area contributed by atoms with Crippen molar-refractivity contribution in [2.75, 3.05) is 6.61 Å². The molecule has 1 aromatic rings. The van der Waals surface area contributed by atoms with Crippen molar-refractivity contribution in [1.82, 2.24) is 0 Å². The van der Waals surface area contributed by atoms with Gasteiger partial charge in [-0.3, -0.25) is 4.79 Å². The minimum absolute atomic E-state index is 0.147. The molecule has 1 aromatic carbocycles. The number of halogens is 1. The summed E-state index contributed by atoms with van der Waals surface area (Å²) in [5.41, 5.74) is 6.14. The van der Waals surface area contributed by atoms with E-state index in [1.807, 2.05) is 24.3 Å². The van der Waals surface area contributed by atoms with Crippen LogP contribution in [-0.4, -0.2) is 23.7 Å². The van der Waals surface area contributed by atoms with E-state index in [1.165, 1.54) is 0 Å². The van der Waals surface area contributed by atoms with Gasteiger partial charge in [-0.25, -0.2) is 0 Å². The lowest BCUT2D eigenvalue weighted by atomic mass is 10.2. The molecule has 0 spiro atoms. The van der Waals surface area contributed by atoms with Gasteiger partial charge < -0.3 is 15.6 Å². The molecule has 0 saturated carbocycles. The molecule has 0 aliphatic carbocycles. The highest BCUT2D eigenvalue weighted by Gasteiger charge is 2.13. The Hall–Kier alpha value is -0.910. The Morgan fingerprint density at radius 2 is 2.20 bits per heavy atom. The average molecular weight is 274 g/mol. The lowest BCUT2D eigenvalue weighted by Crippen LogP contribution is -2.35. The van der Waals surface area contributed by atoms with Crippen molar-refractivity contribution in [3.8, 4) is 0 Å². The lowest BCUT2D eigenvalue weighted by Gasteiger charge is -2.09. The predicted molar refractivity (Wildman–Crippen MR) is 59.0 cm³/mol. The van der Waals surface area contributed by atoms with Crippen LogP contribution < -0.4 is 5.73 Å². The van der Waals surface area contributed by atoms with E-state index in [4.69, 9.17) is 15.6 Å². The molecule has 0 radical (unpaired) electrons. The smallest absolute Gasteiger partial charge is 0.325 e. The van der Waals surface area contributed by atoms with Gasteiger partial charge in [-0.15, -0.1) is 0 Å². The van der Waals surface area contributed by atoms with E-state index < -0.39 is 18.6 Å². The Labute approximate surface area is 96.2 Å². The van der Waals surface area contributed by atoms with Crippen LogP contribution in [0.25, 0.3) is 0 Å². The van der Waals surface area contributed by atoms with E-state index in [1.54, 1.807) is 0 Å². The quantitative estimate of drug-likeness (QED) is 0.797. The number of benzene rings is 1. The van der Waals surface area contributed by atoms with Gasteiger partial charge in [-0.05, 0) is 6.07 Å². The third-order valence-electron chi connectivity index (χ3n) is 1.83. The Kier molecular flexibility index (Phi) is 4.74. The molecule has 3 N–H and O–H groups in total. The van der Waals surface area contributed by atoms with Crippen molar-refractivity contribution in [2.24, 2.45) is 5.73 Å². The molecule has 0 heterocycles. The Morgan fingerprint density at radius 1 is 1.53 bits per heavy atom. The maximum atomic E-state index is 11.1. The molecular weight excluding hydrogens is 262 g/mol. The minimum atomic E-state index is -0.965. The first-order valence-electron chi connectivity index (χ1n) is 4.41. The highest BCUT2D eigenvalue weighted by atomic mass is 79.9. The third kappa shape index (κ3) is 3.62. The largest absolute Gasteiger partial charge is 0.460 e. The summed E-state index contributed by atoms with van der Waals surface area (Å²) < 4.78 is 5.78. The average Bonchev–Trinajstić information content (AvgIpc) is 2.26. The van der Waals surface area contributed by atoms with Gasteiger partial charge >= 0.3 is 5.97 Å². The molecule has 0 saturated heterocycles. The van der Waals surface area contributed by atoms with Crippen LogP contribution in [-0.2, 0) is 16.1 Å². The number of rotatable bonds is 4. The molecule has 5 heteroatoms. The van der Waals surface area contributed by atoms with Crippen LogP contribution >= 0.6 is 15.9 Å². The van der Waals surface area contributed by atoms with E-state index in [0.29, 0.717) is 0 Å². The van der Waals surface area contributed by atoms with Crippen LogP contribution in [0.3, 0.4) is 0 Å². The van der Waals surface area contributed by atoms with E-state index in [-0.39, 0.29) is 6.61 Å². The minimum Gasteiger partial charge on any atom is -0.460 e. The monoisotopic (exact) mass is 273 g/mol. The SMILES string of the molecule is N[C@H](CO)C(=O)OCc1ccccc1Br. The van der Waals surface area contributed by atoms with Gasteiger partial charge in [0.1, 0.15) is 12.6 Å². The summed E-state index contributed by atoms with van der Waals surface area (Å²) in [6.45, 7) is -0.261. The molecule has 4 nitrogen and oxygen atoms in total. The van der Waals surface area contributed by atoms with E-state index in [0.717, 1.165) is 10.0 Å². The van der Waals surface area contributed by atoms with Gasteiger partial charge in [0.2, 0.25) is 0 Å². The molecule has 0 unspecified atom stereocenters. The highest BCUT2D eigenvalue weighted by Crippen LogP contribution is 2.16. The number of nitrogens with two attached hydrogens (primary N) is 1. The summed E-state index contributed by atoms with van der Waals surface area (Å²) in [5, 5.41) is 8.62.